The molecule has 3 rings (SSSR count). The number of aliphatic hydroxyl groups is 1. The molecule has 2 N–H and O–H groups in total. The number of carbonyl (C=O) groups excluding carboxylic acids is 1. The van der Waals surface area contributed by atoms with Crippen molar-refractivity contribution in [2.75, 3.05) is 26.4 Å². The molecule has 1 unspecified atom stereocenters. The van der Waals surface area contributed by atoms with E-state index in [-0.39, 0.29) is 29.6 Å². The fraction of sp³-hybridized carbons (Fsp3) is 0.409. The van der Waals surface area contributed by atoms with Crippen LogP contribution in [0.2, 0.25) is 0 Å². The van der Waals surface area contributed by atoms with Gasteiger partial charge in [0.25, 0.3) is 0 Å². The summed E-state index contributed by atoms with van der Waals surface area (Å²) in [6.07, 6.45) is 1.74. The fourth-order valence-electron chi connectivity index (χ4n) is 3.51. The Kier molecular flexibility index (Phi) is 6.75. The van der Waals surface area contributed by atoms with E-state index in [1.807, 2.05) is 0 Å². The molecule has 0 aromatic heterocycles. The summed E-state index contributed by atoms with van der Waals surface area (Å²) in [5, 5.41) is 12.8. The third-order valence-corrected chi connectivity index (χ3v) is 5.47. The smallest absolute Gasteiger partial charge is 0.227 e. The molecule has 1 amide bonds. The van der Waals surface area contributed by atoms with Crippen LogP contribution in [0.3, 0.4) is 0 Å². The third-order valence-electron chi connectivity index (χ3n) is 5.47. The molecule has 28 heavy (non-hydrogen) atoms. The summed E-state index contributed by atoms with van der Waals surface area (Å²) in [5.41, 5.74) is 1.12. The molecule has 0 bridgehead atoms. The number of ether oxygens (including phenoxy) is 1. The van der Waals surface area contributed by atoms with Gasteiger partial charge in [0.1, 0.15) is 11.6 Å². The van der Waals surface area contributed by atoms with E-state index in [0.29, 0.717) is 44.6 Å². The summed E-state index contributed by atoms with van der Waals surface area (Å²) in [5.74, 6) is -1.45. The monoisotopic (exact) mass is 389 g/mol. The van der Waals surface area contributed by atoms with Crippen LogP contribution in [0, 0.1) is 17.0 Å². The fourth-order valence-corrected chi connectivity index (χ4v) is 3.51. The van der Waals surface area contributed by atoms with Gasteiger partial charge in [-0.15, -0.1) is 0 Å². The molecular formula is C22H25F2NO3. The molecule has 1 atom stereocenters. The van der Waals surface area contributed by atoms with E-state index in [0.717, 1.165) is 5.56 Å². The average molecular weight is 389 g/mol. The molecule has 1 aliphatic heterocycles. The topological polar surface area (TPSA) is 58.6 Å². The van der Waals surface area contributed by atoms with Gasteiger partial charge in [0.2, 0.25) is 5.91 Å². The lowest BCUT2D eigenvalue weighted by Crippen LogP contribution is -2.45. The Morgan fingerprint density at radius 3 is 2.18 bits per heavy atom. The van der Waals surface area contributed by atoms with E-state index < -0.39 is 5.92 Å². The van der Waals surface area contributed by atoms with E-state index in [1.165, 1.54) is 24.3 Å². The second kappa shape index (κ2) is 9.26. The first-order valence-electron chi connectivity index (χ1n) is 9.48. The molecule has 1 fully saturated rings. The lowest BCUT2D eigenvalue weighted by Gasteiger charge is -2.36. The van der Waals surface area contributed by atoms with Crippen molar-refractivity contribution in [2.45, 2.75) is 25.2 Å². The number of hydrogen-bond acceptors (Lipinski definition) is 3. The predicted octanol–water partition coefficient (Wildman–Crippen LogP) is 3.20. The molecule has 0 aliphatic carbocycles. The van der Waals surface area contributed by atoms with E-state index >= 15 is 0 Å². The normalized spacial score (nSPS) is 17.1. The van der Waals surface area contributed by atoms with Crippen molar-refractivity contribution >= 4 is 5.91 Å². The SMILES string of the molecule is O=C(NCC1(CO)CCOCC1)C(Cc1ccc(F)cc1)c1ccc(F)cc1. The van der Waals surface area contributed by atoms with Crippen molar-refractivity contribution in [3.8, 4) is 0 Å². The van der Waals surface area contributed by atoms with Crippen molar-refractivity contribution < 1.29 is 23.4 Å². The number of hydrogen-bond donors (Lipinski definition) is 2. The third kappa shape index (κ3) is 5.14. The van der Waals surface area contributed by atoms with Crippen molar-refractivity contribution in [1.82, 2.24) is 5.32 Å². The van der Waals surface area contributed by atoms with Crippen LogP contribution in [0.1, 0.15) is 29.9 Å². The van der Waals surface area contributed by atoms with Gasteiger partial charge >= 0.3 is 0 Å². The molecule has 6 heteroatoms. The van der Waals surface area contributed by atoms with Crippen LogP contribution in [0.4, 0.5) is 8.78 Å². The highest BCUT2D eigenvalue weighted by atomic mass is 19.1. The van der Waals surface area contributed by atoms with E-state index in [2.05, 4.69) is 5.32 Å². The maximum atomic E-state index is 13.3. The number of nitrogens with one attached hydrogen (secondary N) is 1. The lowest BCUT2D eigenvalue weighted by molar-refractivity contribution is -0.123. The van der Waals surface area contributed by atoms with Crippen molar-refractivity contribution in [2.24, 2.45) is 5.41 Å². The zero-order valence-electron chi connectivity index (χ0n) is 15.7. The number of aliphatic hydroxyl groups excluding tert-OH is 1. The Balaban J connectivity index is 1.76. The van der Waals surface area contributed by atoms with Gasteiger partial charge in [0.05, 0.1) is 12.5 Å². The van der Waals surface area contributed by atoms with Crippen LogP contribution in [-0.2, 0) is 16.0 Å². The number of amides is 1. The quantitative estimate of drug-likeness (QED) is 0.765. The minimum Gasteiger partial charge on any atom is -0.396 e. The molecule has 1 aliphatic rings. The van der Waals surface area contributed by atoms with Gasteiger partial charge < -0.3 is 15.2 Å². The molecule has 4 nitrogen and oxygen atoms in total. The summed E-state index contributed by atoms with van der Waals surface area (Å²) >= 11 is 0. The maximum absolute atomic E-state index is 13.3. The maximum Gasteiger partial charge on any atom is 0.227 e. The second-order valence-corrected chi connectivity index (χ2v) is 7.42. The lowest BCUT2D eigenvalue weighted by atomic mass is 9.80. The van der Waals surface area contributed by atoms with Gasteiger partial charge in [-0.3, -0.25) is 4.79 Å². The van der Waals surface area contributed by atoms with Crippen LogP contribution in [0.5, 0.6) is 0 Å². The largest absolute Gasteiger partial charge is 0.396 e. The Hall–Kier alpha value is -2.31. The standard InChI is InChI=1S/C22H25F2NO3/c23-18-5-1-16(2-6-18)13-20(17-3-7-19(24)8-4-17)21(27)25-14-22(15-26)9-11-28-12-10-22/h1-8,20,26H,9-15H2,(H,25,27). The van der Waals surface area contributed by atoms with Gasteiger partial charge in [-0.2, -0.15) is 0 Å². The van der Waals surface area contributed by atoms with Gasteiger partial charge in [0.15, 0.2) is 0 Å². The average Bonchev–Trinajstić information content (AvgIpc) is 2.73. The Labute approximate surface area is 163 Å². The summed E-state index contributed by atoms with van der Waals surface area (Å²) in [6, 6.07) is 11.9. The van der Waals surface area contributed by atoms with Crippen molar-refractivity contribution in [3.63, 3.8) is 0 Å². The van der Waals surface area contributed by atoms with E-state index in [4.69, 9.17) is 4.74 Å². The molecule has 2 aromatic carbocycles. The summed E-state index contributed by atoms with van der Waals surface area (Å²) in [6.45, 7) is 1.46. The van der Waals surface area contributed by atoms with Gasteiger partial charge in [-0.1, -0.05) is 24.3 Å². The van der Waals surface area contributed by atoms with Crippen molar-refractivity contribution in [3.05, 3.63) is 71.3 Å². The minimum atomic E-state index is -0.540. The molecule has 0 saturated carbocycles. The highest BCUT2D eigenvalue weighted by Crippen LogP contribution is 2.30. The number of carbonyl (C=O) groups is 1. The zero-order valence-corrected chi connectivity index (χ0v) is 15.7. The van der Waals surface area contributed by atoms with E-state index in [9.17, 15) is 18.7 Å². The zero-order chi connectivity index (χ0) is 20.0. The number of halogens is 2. The number of benzene rings is 2. The van der Waals surface area contributed by atoms with Gasteiger partial charge in [-0.05, 0) is 54.7 Å². The molecule has 0 radical (unpaired) electrons. The highest BCUT2D eigenvalue weighted by Gasteiger charge is 2.33. The minimum absolute atomic E-state index is 0.0180. The first-order chi connectivity index (χ1) is 13.5. The van der Waals surface area contributed by atoms with Gasteiger partial charge in [0, 0.05) is 25.2 Å². The van der Waals surface area contributed by atoms with Crippen LogP contribution in [0.25, 0.3) is 0 Å². The Morgan fingerprint density at radius 1 is 1.04 bits per heavy atom. The Morgan fingerprint density at radius 2 is 1.61 bits per heavy atom. The molecule has 2 aromatic rings. The molecule has 1 saturated heterocycles. The molecular weight excluding hydrogens is 364 g/mol. The summed E-state index contributed by atoms with van der Waals surface area (Å²) in [7, 11) is 0. The predicted molar refractivity (Wildman–Crippen MR) is 102 cm³/mol. The molecule has 0 spiro atoms. The van der Waals surface area contributed by atoms with Gasteiger partial charge in [-0.25, -0.2) is 8.78 Å². The first-order valence-corrected chi connectivity index (χ1v) is 9.48. The molecule has 1 heterocycles. The van der Waals surface area contributed by atoms with Crippen LogP contribution >= 0.6 is 0 Å². The first kappa shape index (κ1) is 20.4. The van der Waals surface area contributed by atoms with Crippen LogP contribution in [0.15, 0.2) is 48.5 Å². The van der Waals surface area contributed by atoms with Crippen LogP contribution < -0.4 is 5.32 Å². The highest BCUT2D eigenvalue weighted by molar-refractivity contribution is 5.84. The van der Waals surface area contributed by atoms with Crippen LogP contribution in [-0.4, -0.2) is 37.4 Å². The summed E-state index contributed by atoms with van der Waals surface area (Å²) < 4.78 is 31.9. The van der Waals surface area contributed by atoms with E-state index in [1.54, 1.807) is 24.3 Å². The van der Waals surface area contributed by atoms with Crippen molar-refractivity contribution in [1.29, 1.82) is 0 Å². The number of rotatable bonds is 7. The summed E-state index contributed by atoms with van der Waals surface area (Å²) in [4.78, 5) is 13.0. The molecule has 150 valence electrons. The Bertz CT molecular complexity index is 771. The second-order valence-electron chi connectivity index (χ2n) is 7.42.